The summed E-state index contributed by atoms with van der Waals surface area (Å²) in [6, 6.07) is 3.08. The summed E-state index contributed by atoms with van der Waals surface area (Å²) in [4.78, 5) is 0. The summed E-state index contributed by atoms with van der Waals surface area (Å²) in [5.74, 6) is -0.700. The van der Waals surface area contributed by atoms with Gasteiger partial charge in [0.05, 0.1) is 4.47 Å². The predicted molar refractivity (Wildman–Crippen MR) is 74.7 cm³/mol. The van der Waals surface area contributed by atoms with Crippen LogP contribution in [0, 0.1) is 17.6 Å². The third-order valence-corrected chi connectivity index (χ3v) is 3.61. The molecular weight excluding hydrogens is 300 g/mol. The molecule has 0 spiro atoms. The fourth-order valence-electron chi connectivity index (χ4n) is 2.22. The van der Waals surface area contributed by atoms with Crippen molar-refractivity contribution in [3.8, 4) is 0 Å². The van der Waals surface area contributed by atoms with E-state index < -0.39 is 11.6 Å². The van der Waals surface area contributed by atoms with Gasteiger partial charge in [-0.15, -0.1) is 0 Å². The SMILES string of the molecule is CCNC(C)CC(C)Cc1c(F)ccc(Br)c1F. The molecule has 4 heteroatoms. The van der Waals surface area contributed by atoms with Crippen molar-refractivity contribution >= 4 is 15.9 Å². The lowest BCUT2D eigenvalue weighted by atomic mass is 9.94. The normalized spacial score (nSPS) is 14.6. The highest BCUT2D eigenvalue weighted by molar-refractivity contribution is 9.10. The van der Waals surface area contributed by atoms with Crippen molar-refractivity contribution in [1.82, 2.24) is 5.32 Å². The van der Waals surface area contributed by atoms with Crippen molar-refractivity contribution in [2.75, 3.05) is 6.54 Å². The minimum absolute atomic E-state index is 0.181. The molecule has 102 valence electrons. The Morgan fingerprint density at radius 2 is 1.94 bits per heavy atom. The van der Waals surface area contributed by atoms with Crippen LogP contribution in [0.5, 0.6) is 0 Å². The Balaban J connectivity index is 2.70. The van der Waals surface area contributed by atoms with Crippen molar-refractivity contribution in [3.05, 3.63) is 33.8 Å². The molecule has 2 atom stereocenters. The van der Waals surface area contributed by atoms with E-state index >= 15 is 0 Å². The lowest BCUT2D eigenvalue weighted by Crippen LogP contribution is -2.28. The van der Waals surface area contributed by atoms with Crippen LogP contribution in [0.4, 0.5) is 8.78 Å². The molecule has 0 aliphatic heterocycles. The predicted octanol–water partition coefficient (Wildman–Crippen LogP) is 4.29. The second-order valence-electron chi connectivity index (χ2n) is 4.83. The number of hydrogen-bond acceptors (Lipinski definition) is 1. The van der Waals surface area contributed by atoms with Crippen molar-refractivity contribution in [1.29, 1.82) is 0 Å². The highest BCUT2D eigenvalue weighted by atomic mass is 79.9. The zero-order chi connectivity index (χ0) is 13.7. The van der Waals surface area contributed by atoms with Crippen molar-refractivity contribution in [2.24, 2.45) is 5.92 Å². The van der Waals surface area contributed by atoms with Gasteiger partial charge in [0.2, 0.25) is 0 Å². The zero-order valence-corrected chi connectivity index (χ0v) is 12.7. The monoisotopic (exact) mass is 319 g/mol. The third kappa shape index (κ3) is 4.32. The van der Waals surface area contributed by atoms with Crippen LogP contribution in [0.15, 0.2) is 16.6 Å². The Labute approximate surface area is 116 Å². The van der Waals surface area contributed by atoms with Gasteiger partial charge in [-0.2, -0.15) is 0 Å². The van der Waals surface area contributed by atoms with Gasteiger partial charge < -0.3 is 5.32 Å². The first-order chi connectivity index (χ1) is 8.45. The van der Waals surface area contributed by atoms with Crippen LogP contribution < -0.4 is 5.32 Å². The standard InChI is InChI=1S/C14H20BrF2N/c1-4-18-10(3)7-9(2)8-11-13(16)6-5-12(15)14(11)17/h5-6,9-10,18H,4,7-8H2,1-3H3. The first-order valence-corrected chi connectivity index (χ1v) is 7.10. The highest BCUT2D eigenvalue weighted by Crippen LogP contribution is 2.25. The van der Waals surface area contributed by atoms with Crippen LogP contribution in [-0.2, 0) is 6.42 Å². The van der Waals surface area contributed by atoms with Gasteiger partial charge >= 0.3 is 0 Å². The van der Waals surface area contributed by atoms with E-state index in [0.29, 0.717) is 16.9 Å². The van der Waals surface area contributed by atoms with Crippen LogP contribution in [0.25, 0.3) is 0 Å². The molecule has 1 aromatic carbocycles. The molecule has 0 fully saturated rings. The number of halogens is 3. The number of benzene rings is 1. The molecule has 0 bridgehead atoms. The maximum Gasteiger partial charge on any atom is 0.143 e. The summed E-state index contributed by atoms with van der Waals surface area (Å²) in [7, 11) is 0. The first-order valence-electron chi connectivity index (χ1n) is 6.31. The Morgan fingerprint density at radius 3 is 2.56 bits per heavy atom. The van der Waals surface area contributed by atoms with E-state index in [2.05, 4.69) is 35.1 Å². The molecule has 18 heavy (non-hydrogen) atoms. The number of nitrogens with one attached hydrogen (secondary N) is 1. The summed E-state index contributed by atoms with van der Waals surface area (Å²) >= 11 is 3.09. The van der Waals surface area contributed by atoms with E-state index in [-0.39, 0.29) is 11.5 Å². The average Bonchev–Trinajstić information content (AvgIpc) is 2.30. The zero-order valence-electron chi connectivity index (χ0n) is 11.1. The van der Waals surface area contributed by atoms with E-state index in [4.69, 9.17) is 0 Å². The summed E-state index contributed by atoms with van der Waals surface area (Å²) in [6.45, 7) is 7.07. The minimum atomic E-state index is -0.474. The van der Waals surface area contributed by atoms with Gasteiger partial charge in [-0.3, -0.25) is 0 Å². The van der Waals surface area contributed by atoms with Gasteiger partial charge in [0, 0.05) is 11.6 Å². The molecule has 2 unspecified atom stereocenters. The molecule has 1 rings (SSSR count). The van der Waals surface area contributed by atoms with E-state index in [1.165, 1.54) is 12.1 Å². The molecule has 0 saturated heterocycles. The summed E-state index contributed by atoms with van der Waals surface area (Å²) < 4.78 is 27.7. The van der Waals surface area contributed by atoms with Crippen molar-refractivity contribution in [3.63, 3.8) is 0 Å². The summed E-state index contributed by atoms with van der Waals surface area (Å²) in [5, 5.41) is 3.31. The van der Waals surface area contributed by atoms with E-state index in [9.17, 15) is 8.78 Å². The summed E-state index contributed by atoms with van der Waals surface area (Å²) in [5.41, 5.74) is 0.181. The van der Waals surface area contributed by atoms with Crippen molar-refractivity contribution in [2.45, 2.75) is 39.7 Å². The topological polar surface area (TPSA) is 12.0 Å². The molecule has 0 aromatic heterocycles. The maximum absolute atomic E-state index is 13.8. The van der Waals surface area contributed by atoms with Crippen molar-refractivity contribution < 1.29 is 8.78 Å². The van der Waals surface area contributed by atoms with E-state index in [1.807, 2.05) is 6.92 Å². The lowest BCUT2D eigenvalue weighted by molar-refractivity contribution is 0.413. The molecule has 0 aliphatic carbocycles. The van der Waals surface area contributed by atoms with Gasteiger partial charge in [-0.25, -0.2) is 8.78 Å². The van der Waals surface area contributed by atoms with E-state index in [1.54, 1.807) is 0 Å². The minimum Gasteiger partial charge on any atom is -0.315 e. The largest absolute Gasteiger partial charge is 0.315 e. The van der Waals surface area contributed by atoms with Gasteiger partial charge in [0.15, 0.2) is 0 Å². The quantitative estimate of drug-likeness (QED) is 0.771. The Hall–Kier alpha value is -0.480. The molecule has 0 heterocycles. The van der Waals surface area contributed by atoms with Gasteiger partial charge in [0.25, 0.3) is 0 Å². The Kier molecular flexibility index (Phi) is 6.22. The molecule has 1 aromatic rings. The van der Waals surface area contributed by atoms with Gasteiger partial charge in [-0.05, 0) is 60.3 Å². The van der Waals surface area contributed by atoms with E-state index in [0.717, 1.165) is 13.0 Å². The molecule has 0 saturated carbocycles. The average molecular weight is 320 g/mol. The van der Waals surface area contributed by atoms with Crippen LogP contribution >= 0.6 is 15.9 Å². The molecule has 0 amide bonds. The Morgan fingerprint density at radius 1 is 1.28 bits per heavy atom. The number of rotatable bonds is 6. The smallest absolute Gasteiger partial charge is 0.143 e. The Bertz CT molecular complexity index is 396. The van der Waals surface area contributed by atoms with Gasteiger partial charge in [-0.1, -0.05) is 13.8 Å². The molecule has 1 nitrogen and oxygen atoms in total. The fourth-order valence-corrected chi connectivity index (χ4v) is 2.59. The van der Waals surface area contributed by atoms with Gasteiger partial charge in [0.1, 0.15) is 11.6 Å². The molecule has 0 aliphatic rings. The fraction of sp³-hybridized carbons (Fsp3) is 0.571. The molecule has 1 N–H and O–H groups in total. The second kappa shape index (κ2) is 7.19. The molecular formula is C14H20BrF2N. The first kappa shape index (κ1) is 15.6. The maximum atomic E-state index is 13.8. The van der Waals surface area contributed by atoms with Crippen LogP contribution in [0.1, 0.15) is 32.8 Å². The van der Waals surface area contributed by atoms with Crippen LogP contribution in [0.2, 0.25) is 0 Å². The lowest BCUT2D eigenvalue weighted by Gasteiger charge is -2.18. The molecule has 0 radical (unpaired) electrons. The summed E-state index contributed by atoms with van der Waals surface area (Å²) in [6.07, 6.45) is 1.33. The van der Waals surface area contributed by atoms with Crippen LogP contribution in [0.3, 0.4) is 0 Å². The number of hydrogen-bond donors (Lipinski definition) is 1. The third-order valence-electron chi connectivity index (χ3n) is 3.00. The van der Waals surface area contributed by atoms with Crippen LogP contribution in [-0.4, -0.2) is 12.6 Å². The highest BCUT2D eigenvalue weighted by Gasteiger charge is 2.16. The second-order valence-corrected chi connectivity index (χ2v) is 5.68.